The average Bonchev–Trinajstić information content (AvgIpc) is 2.45. The Balaban J connectivity index is 2.11. The van der Waals surface area contributed by atoms with Crippen molar-refractivity contribution in [3.8, 4) is 5.75 Å². The largest absolute Gasteiger partial charge is 0.491 e. The second-order valence-corrected chi connectivity index (χ2v) is 5.21. The lowest BCUT2D eigenvalue weighted by molar-refractivity contribution is 0.319. The third kappa shape index (κ3) is 3.91. The quantitative estimate of drug-likeness (QED) is 0.803. The normalized spacial score (nSPS) is 10.3. The van der Waals surface area contributed by atoms with Crippen molar-refractivity contribution in [1.29, 1.82) is 0 Å². The monoisotopic (exact) mass is 289 g/mol. The van der Waals surface area contributed by atoms with E-state index in [0.29, 0.717) is 11.6 Å². The fraction of sp³-hybridized carbons (Fsp3) is 0.294. The van der Waals surface area contributed by atoms with E-state index in [0.717, 1.165) is 24.4 Å². The Hall–Kier alpha value is -1.67. The first-order valence-corrected chi connectivity index (χ1v) is 7.29. The van der Waals surface area contributed by atoms with Crippen molar-refractivity contribution in [3.05, 3.63) is 58.6 Å². The second-order valence-electron chi connectivity index (χ2n) is 4.77. The van der Waals surface area contributed by atoms with Gasteiger partial charge in [-0.25, -0.2) is 0 Å². The first kappa shape index (κ1) is 14.7. The molecule has 0 saturated carbocycles. The number of halogens is 1. The van der Waals surface area contributed by atoms with Gasteiger partial charge in [0.1, 0.15) is 5.75 Å². The molecule has 0 bridgehead atoms. The van der Waals surface area contributed by atoms with Crippen LogP contribution in [0.25, 0.3) is 0 Å². The van der Waals surface area contributed by atoms with Crippen LogP contribution >= 0.6 is 11.6 Å². The van der Waals surface area contributed by atoms with E-state index >= 15 is 0 Å². The zero-order valence-electron chi connectivity index (χ0n) is 11.9. The molecule has 1 N–H and O–H groups in total. The molecule has 0 saturated heterocycles. The van der Waals surface area contributed by atoms with E-state index in [4.69, 9.17) is 16.3 Å². The number of hydrogen-bond donors (Lipinski definition) is 1. The molecule has 0 unspecified atom stereocenters. The Kier molecular flexibility index (Phi) is 5.31. The van der Waals surface area contributed by atoms with Crippen LogP contribution in [0, 0.1) is 6.92 Å². The van der Waals surface area contributed by atoms with E-state index in [1.54, 1.807) is 0 Å². The number of nitrogens with one attached hydrogen (secondary N) is 1. The summed E-state index contributed by atoms with van der Waals surface area (Å²) < 4.78 is 5.74. The minimum Gasteiger partial charge on any atom is -0.491 e. The summed E-state index contributed by atoms with van der Waals surface area (Å²) in [5, 5.41) is 4.12. The van der Waals surface area contributed by atoms with Crippen LogP contribution in [0.3, 0.4) is 0 Å². The van der Waals surface area contributed by atoms with Crippen LogP contribution in [0.2, 0.25) is 5.02 Å². The highest BCUT2D eigenvalue weighted by molar-refractivity contribution is 6.30. The van der Waals surface area contributed by atoms with Gasteiger partial charge >= 0.3 is 0 Å². The first-order valence-electron chi connectivity index (χ1n) is 6.91. The van der Waals surface area contributed by atoms with Crippen LogP contribution in [0.1, 0.15) is 24.5 Å². The Bertz CT molecular complexity index is 569. The van der Waals surface area contributed by atoms with Crippen LogP contribution in [0.4, 0.5) is 5.69 Å². The van der Waals surface area contributed by atoms with Crippen molar-refractivity contribution in [1.82, 2.24) is 0 Å². The molecular weight excluding hydrogens is 270 g/mol. The Labute approximate surface area is 125 Å². The molecule has 2 aromatic rings. The zero-order valence-corrected chi connectivity index (χ0v) is 12.7. The van der Waals surface area contributed by atoms with Gasteiger partial charge in [-0.2, -0.15) is 0 Å². The summed E-state index contributed by atoms with van der Waals surface area (Å²) in [6.45, 7) is 5.68. The SMILES string of the molecule is CCCOc1ccc(Cl)cc1NCc1ccccc1C. The van der Waals surface area contributed by atoms with Gasteiger partial charge in [0, 0.05) is 11.6 Å². The van der Waals surface area contributed by atoms with Gasteiger partial charge in [-0.1, -0.05) is 42.8 Å². The molecule has 0 aromatic heterocycles. The summed E-state index contributed by atoms with van der Waals surface area (Å²) in [6.07, 6.45) is 0.986. The minimum absolute atomic E-state index is 0.709. The lowest BCUT2D eigenvalue weighted by atomic mass is 10.1. The molecule has 20 heavy (non-hydrogen) atoms. The van der Waals surface area contributed by atoms with Gasteiger partial charge in [0.25, 0.3) is 0 Å². The lowest BCUT2D eigenvalue weighted by Gasteiger charge is -2.14. The summed E-state index contributed by atoms with van der Waals surface area (Å²) >= 11 is 6.07. The number of rotatable bonds is 6. The van der Waals surface area contributed by atoms with Crippen molar-refractivity contribution < 1.29 is 4.74 Å². The molecule has 0 spiro atoms. The van der Waals surface area contributed by atoms with Crippen molar-refractivity contribution in [2.45, 2.75) is 26.8 Å². The molecule has 2 aromatic carbocycles. The first-order chi connectivity index (χ1) is 9.70. The third-order valence-electron chi connectivity index (χ3n) is 3.13. The van der Waals surface area contributed by atoms with E-state index in [1.807, 2.05) is 24.3 Å². The summed E-state index contributed by atoms with van der Waals surface area (Å²) in [6, 6.07) is 14.0. The molecule has 0 radical (unpaired) electrons. The number of ether oxygens (including phenoxy) is 1. The van der Waals surface area contributed by atoms with Gasteiger partial charge in [-0.05, 0) is 42.7 Å². The van der Waals surface area contributed by atoms with Crippen LogP contribution in [0.15, 0.2) is 42.5 Å². The van der Waals surface area contributed by atoms with E-state index in [9.17, 15) is 0 Å². The smallest absolute Gasteiger partial charge is 0.142 e. The highest BCUT2D eigenvalue weighted by atomic mass is 35.5. The van der Waals surface area contributed by atoms with Gasteiger partial charge in [-0.3, -0.25) is 0 Å². The molecule has 0 aliphatic heterocycles. The fourth-order valence-corrected chi connectivity index (χ4v) is 2.15. The number of aryl methyl sites for hydroxylation is 1. The summed E-state index contributed by atoms with van der Waals surface area (Å²) in [7, 11) is 0. The van der Waals surface area contributed by atoms with E-state index in [-0.39, 0.29) is 0 Å². The standard InChI is InChI=1S/C17H20ClNO/c1-3-10-20-17-9-8-15(18)11-16(17)19-12-14-7-5-4-6-13(14)2/h4-9,11,19H,3,10,12H2,1-2H3. The molecule has 2 rings (SSSR count). The van der Waals surface area contributed by atoms with Gasteiger partial charge in [0.15, 0.2) is 0 Å². The predicted molar refractivity (Wildman–Crippen MR) is 85.7 cm³/mol. The molecule has 3 heteroatoms. The Morgan fingerprint density at radius 2 is 1.95 bits per heavy atom. The van der Waals surface area contributed by atoms with Crippen molar-refractivity contribution in [2.24, 2.45) is 0 Å². The maximum atomic E-state index is 6.07. The van der Waals surface area contributed by atoms with Crippen LogP contribution in [0.5, 0.6) is 5.75 Å². The summed E-state index contributed by atoms with van der Waals surface area (Å²) in [5.74, 6) is 0.852. The van der Waals surface area contributed by atoms with Crippen LogP contribution in [-0.4, -0.2) is 6.61 Å². The summed E-state index contributed by atoms with van der Waals surface area (Å²) in [5.41, 5.74) is 3.49. The lowest BCUT2D eigenvalue weighted by Crippen LogP contribution is -2.04. The molecule has 0 aliphatic carbocycles. The predicted octanol–water partition coefficient (Wildman–Crippen LogP) is 5.05. The molecular formula is C17H20ClNO. The second kappa shape index (κ2) is 7.20. The molecule has 0 fully saturated rings. The van der Waals surface area contributed by atoms with Crippen LogP contribution < -0.4 is 10.1 Å². The van der Waals surface area contributed by atoms with E-state index in [1.165, 1.54) is 11.1 Å². The highest BCUT2D eigenvalue weighted by Crippen LogP contribution is 2.28. The van der Waals surface area contributed by atoms with E-state index in [2.05, 4.69) is 37.4 Å². The zero-order chi connectivity index (χ0) is 14.4. The Morgan fingerprint density at radius 3 is 2.70 bits per heavy atom. The number of anilines is 1. The number of hydrogen-bond acceptors (Lipinski definition) is 2. The van der Waals surface area contributed by atoms with Gasteiger partial charge in [0.05, 0.1) is 12.3 Å². The van der Waals surface area contributed by atoms with Gasteiger partial charge in [0.2, 0.25) is 0 Å². The molecule has 2 nitrogen and oxygen atoms in total. The maximum Gasteiger partial charge on any atom is 0.142 e. The molecule has 0 heterocycles. The van der Waals surface area contributed by atoms with Gasteiger partial charge < -0.3 is 10.1 Å². The van der Waals surface area contributed by atoms with Crippen LogP contribution in [-0.2, 0) is 6.54 Å². The molecule has 0 atom stereocenters. The summed E-state index contributed by atoms with van der Waals surface area (Å²) in [4.78, 5) is 0. The van der Waals surface area contributed by atoms with E-state index < -0.39 is 0 Å². The fourth-order valence-electron chi connectivity index (χ4n) is 1.98. The van der Waals surface area contributed by atoms with Crippen molar-refractivity contribution in [3.63, 3.8) is 0 Å². The van der Waals surface area contributed by atoms with Gasteiger partial charge in [-0.15, -0.1) is 0 Å². The molecule has 106 valence electrons. The minimum atomic E-state index is 0.709. The molecule has 0 aliphatic rings. The van der Waals surface area contributed by atoms with Crippen molar-refractivity contribution in [2.75, 3.05) is 11.9 Å². The third-order valence-corrected chi connectivity index (χ3v) is 3.37. The number of benzene rings is 2. The Morgan fingerprint density at radius 1 is 1.15 bits per heavy atom. The highest BCUT2D eigenvalue weighted by Gasteiger charge is 2.05. The topological polar surface area (TPSA) is 21.3 Å². The maximum absolute atomic E-state index is 6.07. The van der Waals surface area contributed by atoms with Crippen molar-refractivity contribution >= 4 is 17.3 Å². The molecule has 0 amide bonds. The average molecular weight is 290 g/mol.